The van der Waals surface area contributed by atoms with Crippen molar-refractivity contribution in [3.8, 4) is 0 Å². The second-order valence-corrected chi connectivity index (χ2v) is 5.59. The number of aryl methyl sites for hydroxylation is 1. The molecule has 0 aliphatic carbocycles. The minimum Gasteiger partial charge on any atom is -0.481 e. The van der Waals surface area contributed by atoms with Gasteiger partial charge in [0.25, 0.3) is 5.69 Å². The highest BCUT2D eigenvalue weighted by atomic mass is 16.6. The Balaban J connectivity index is 1.96. The van der Waals surface area contributed by atoms with E-state index in [4.69, 9.17) is 5.11 Å². The van der Waals surface area contributed by atoms with Crippen molar-refractivity contribution in [2.75, 3.05) is 18.0 Å². The maximum atomic E-state index is 10.8. The van der Waals surface area contributed by atoms with Crippen molar-refractivity contribution in [1.29, 1.82) is 0 Å². The van der Waals surface area contributed by atoms with Gasteiger partial charge in [-0.05, 0) is 43.7 Å². The summed E-state index contributed by atoms with van der Waals surface area (Å²) in [5.74, 6) is -0.264. The molecule has 21 heavy (non-hydrogen) atoms. The fourth-order valence-electron chi connectivity index (χ4n) is 2.90. The van der Waals surface area contributed by atoms with Gasteiger partial charge in [0, 0.05) is 37.3 Å². The number of hydrogen-bond donors (Lipinski definition) is 1. The Hall–Kier alpha value is -2.11. The van der Waals surface area contributed by atoms with Gasteiger partial charge in [0.2, 0.25) is 0 Å². The van der Waals surface area contributed by atoms with Gasteiger partial charge in [-0.15, -0.1) is 0 Å². The van der Waals surface area contributed by atoms with Gasteiger partial charge in [-0.25, -0.2) is 0 Å². The zero-order valence-electron chi connectivity index (χ0n) is 12.1. The normalized spacial score (nSPS) is 16.0. The Morgan fingerprint density at radius 2 is 2.10 bits per heavy atom. The van der Waals surface area contributed by atoms with Crippen molar-refractivity contribution in [2.45, 2.75) is 32.6 Å². The molecule has 0 atom stereocenters. The molecule has 2 rings (SSSR count). The molecule has 0 bridgehead atoms. The van der Waals surface area contributed by atoms with E-state index in [1.54, 1.807) is 12.1 Å². The lowest BCUT2D eigenvalue weighted by Crippen LogP contribution is -2.34. The van der Waals surface area contributed by atoms with Crippen LogP contribution in [0.25, 0.3) is 0 Å². The lowest BCUT2D eigenvalue weighted by atomic mass is 9.91. The molecule has 0 saturated carbocycles. The summed E-state index contributed by atoms with van der Waals surface area (Å²) in [5, 5.41) is 19.5. The first-order chi connectivity index (χ1) is 9.97. The highest BCUT2D eigenvalue weighted by Crippen LogP contribution is 2.30. The summed E-state index contributed by atoms with van der Waals surface area (Å²) in [6.07, 6.45) is 2.93. The molecule has 0 radical (unpaired) electrons. The predicted molar refractivity (Wildman–Crippen MR) is 79.6 cm³/mol. The van der Waals surface area contributed by atoms with Crippen LogP contribution in [-0.2, 0) is 4.79 Å². The van der Waals surface area contributed by atoms with Crippen molar-refractivity contribution in [3.05, 3.63) is 33.9 Å². The van der Waals surface area contributed by atoms with Crippen molar-refractivity contribution < 1.29 is 14.8 Å². The lowest BCUT2D eigenvalue weighted by Gasteiger charge is -2.34. The summed E-state index contributed by atoms with van der Waals surface area (Å²) >= 11 is 0. The Morgan fingerprint density at radius 1 is 1.43 bits per heavy atom. The first-order valence-corrected chi connectivity index (χ1v) is 7.19. The molecular formula is C15H20N2O4. The van der Waals surface area contributed by atoms with Crippen molar-refractivity contribution in [3.63, 3.8) is 0 Å². The highest BCUT2D eigenvalue weighted by molar-refractivity contribution is 5.66. The second kappa shape index (κ2) is 6.56. The van der Waals surface area contributed by atoms with Crippen LogP contribution in [0.3, 0.4) is 0 Å². The molecule has 1 heterocycles. The molecule has 1 aliphatic rings. The van der Waals surface area contributed by atoms with E-state index in [9.17, 15) is 14.9 Å². The largest absolute Gasteiger partial charge is 0.481 e. The van der Waals surface area contributed by atoms with Crippen molar-refractivity contribution >= 4 is 17.3 Å². The summed E-state index contributed by atoms with van der Waals surface area (Å²) in [6, 6.07) is 4.95. The molecule has 6 heteroatoms. The number of nitro groups is 1. The van der Waals surface area contributed by atoms with Crippen LogP contribution in [0, 0.1) is 23.0 Å². The molecule has 1 aromatic rings. The van der Waals surface area contributed by atoms with Gasteiger partial charge in [-0.2, -0.15) is 0 Å². The summed E-state index contributed by atoms with van der Waals surface area (Å²) in [6.45, 7) is 3.64. The Labute approximate surface area is 123 Å². The minimum atomic E-state index is -0.733. The van der Waals surface area contributed by atoms with E-state index in [-0.39, 0.29) is 17.0 Å². The number of benzene rings is 1. The zero-order valence-corrected chi connectivity index (χ0v) is 12.1. The number of hydrogen-bond acceptors (Lipinski definition) is 4. The number of piperidine rings is 1. The van der Waals surface area contributed by atoms with Crippen molar-refractivity contribution in [1.82, 2.24) is 0 Å². The number of carbonyl (C=O) groups is 1. The standard InChI is InChI=1S/C15H20N2O4/c1-11-10-13(17(20)21)3-4-14(11)16-8-6-12(7-9-16)2-5-15(18)19/h3-4,10,12H,2,5-9H2,1H3,(H,18,19). The average molecular weight is 292 g/mol. The number of nitro benzene ring substituents is 1. The molecule has 6 nitrogen and oxygen atoms in total. The summed E-state index contributed by atoms with van der Waals surface area (Å²) in [5.41, 5.74) is 2.07. The Kier molecular flexibility index (Phi) is 4.77. The molecule has 0 spiro atoms. The quantitative estimate of drug-likeness (QED) is 0.666. The number of carboxylic acid groups (broad SMARTS) is 1. The maximum Gasteiger partial charge on any atom is 0.303 e. The monoisotopic (exact) mass is 292 g/mol. The number of rotatable bonds is 5. The van der Waals surface area contributed by atoms with E-state index in [2.05, 4.69) is 4.90 Å². The molecule has 1 aromatic carbocycles. The third kappa shape index (κ3) is 3.93. The molecule has 0 aromatic heterocycles. The molecule has 1 aliphatic heterocycles. The molecule has 0 unspecified atom stereocenters. The first kappa shape index (κ1) is 15.3. The van der Waals surface area contributed by atoms with Gasteiger partial charge in [-0.3, -0.25) is 14.9 Å². The van der Waals surface area contributed by atoms with Crippen LogP contribution in [0.2, 0.25) is 0 Å². The number of anilines is 1. The smallest absolute Gasteiger partial charge is 0.303 e. The van der Waals surface area contributed by atoms with E-state index in [1.807, 2.05) is 13.0 Å². The van der Waals surface area contributed by atoms with Gasteiger partial charge in [0.1, 0.15) is 0 Å². The van der Waals surface area contributed by atoms with Crippen LogP contribution in [0.1, 0.15) is 31.2 Å². The molecule has 114 valence electrons. The third-order valence-corrected chi connectivity index (χ3v) is 4.11. The van der Waals surface area contributed by atoms with Crippen LogP contribution in [-0.4, -0.2) is 29.1 Å². The van der Waals surface area contributed by atoms with Gasteiger partial charge in [-0.1, -0.05) is 0 Å². The van der Waals surface area contributed by atoms with Gasteiger partial charge in [0.05, 0.1) is 4.92 Å². The molecule has 1 N–H and O–H groups in total. The van der Waals surface area contributed by atoms with E-state index < -0.39 is 5.97 Å². The molecule has 1 saturated heterocycles. The summed E-state index contributed by atoms with van der Waals surface area (Å²) in [4.78, 5) is 23.2. The average Bonchev–Trinajstić information content (AvgIpc) is 2.45. The Bertz CT molecular complexity index is 536. The van der Waals surface area contributed by atoms with Crippen molar-refractivity contribution in [2.24, 2.45) is 5.92 Å². The minimum absolute atomic E-state index is 0.118. The van der Waals surface area contributed by atoms with Crippen LogP contribution >= 0.6 is 0 Å². The van der Waals surface area contributed by atoms with Crippen LogP contribution in [0.4, 0.5) is 11.4 Å². The first-order valence-electron chi connectivity index (χ1n) is 7.19. The number of nitrogens with zero attached hydrogens (tertiary/aromatic N) is 2. The fourth-order valence-corrected chi connectivity index (χ4v) is 2.90. The molecule has 0 amide bonds. The molecular weight excluding hydrogens is 272 g/mol. The SMILES string of the molecule is Cc1cc([N+](=O)[O-])ccc1N1CCC(CCC(=O)O)CC1. The van der Waals surface area contributed by atoms with Gasteiger partial charge < -0.3 is 10.0 Å². The topological polar surface area (TPSA) is 83.7 Å². The second-order valence-electron chi connectivity index (χ2n) is 5.59. The van der Waals surface area contributed by atoms with E-state index in [1.165, 1.54) is 0 Å². The fraction of sp³-hybridized carbons (Fsp3) is 0.533. The summed E-state index contributed by atoms with van der Waals surface area (Å²) in [7, 11) is 0. The number of non-ortho nitro benzene ring substituents is 1. The zero-order chi connectivity index (χ0) is 15.4. The molecule has 1 fully saturated rings. The van der Waals surface area contributed by atoms with Gasteiger partial charge in [0.15, 0.2) is 0 Å². The van der Waals surface area contributed by atoms with E-state index in [0.29, 0.717) is 5.92 Å². The Morgan fingerprint density at radius 3 is 2.62 bits per heavy atom. The van der Waals surface area contributed by atoms with Crippen LogP contribution in [0.15, 0.2) is 18.2 Å². The number of carboxylic acids is 1. The number of aliphatic carboxylic acids is 1. The lowest BCUT2D eigenvalue weighted by molar-refractivity contribution is -0.384. The maximum absolute atomic E-state index is 10.8. The third-order valence-electron chi connectivity index (χ3n) is 4.11. The van der Waals surface area contributed by atoms with E-state index in [0.717, 1.165) is 43.6 Å². The van der Waals surface area contributed by atoms with Crippen LogP contribution < -0.4 is 4.90 Å². The highest BCUT2D eigenvalue weighted by Gasteiger charge is 2.21. The summed E-state index contributed by atoms with van der Waals surface area (Å²) < 4.78 is 0. The van der Waals surface area contributed by atoms with Gasteiger partial charge >= 0.3 is 5.97 Å². The predicted octanol–water partition coefficient (Wildman–Crippen LogP) is 2.98. The van der Waals surface area contributed by atoms with E-state index >= 15 is 0 Å². The van der Waals surface area contributed by atoms with Crippen LogP contribution in [0.5, 0.6) is 0 Å².